The maximum absolute atomic E-state index is 10.7. The van der Waals surface area contributed by atoms with Crippen LogP contribution in [-0.4, -0.2) is 20.5 Å². The molecule has 0 fully saturated rings. The molecule has 6 nitrogen and oxygen atoms in total. The van der Waals surface area contributed by atoms with E-state index in [4.69, 9.17) is 5.73 Å². The first-order chi connectivity index (χ1) is 6.66. The van der Waals surface area contributed by atoms with Gasteiger partial charge in [-0.1, -0.05) is 0 Å². The van der Waals surface area contributed by atoms with Gasteiger partial charge in [-0.25, -0.2) is 4.52 Å². The normalized spacial score (nSPS) is 10.4. The topological polar surface area (TPSA) is 85.3 Å². The maximum Gasteiger partial charge on any atom is 0.249 e. The second-order valence-corrected chi connectivity index (χ2v) is 2.85. The third kappa shape index (κ3) is 1.37. The van der Waals surface area contributed by atoms with Crippen LogP contribution in [-0.2, 0) is 4.79 Å². The van der Waals surface area contributed by atoms with Gasteiger partial charge >= 0.3 is 0 Å². The van der Waals surface area contributed by atoms with E-state index in [9.17, 15) is 4.79 Å². The van der Waals surface area contributed by atoms with E-state index in [1.165, 1.54) is 11.4 Å². The maximum atomic E-state index is 10.7. The quantitative estimate of drug-likeness (QED) is 0.677. The number of pyridine rings is 1. The van der Waals surface area contributed by atoms with E-state index in [2.05, 4.69) is 15.4 Å². The Morgan fingerprint density at radius 3 is 3.07 bits per heavy atom. The molecule has 0 radical (unpaired) electrons. The molecule has 3 N–H and O–H groups in total. The van der Waals surface area contributed by atoms with Crippen molar-refractivity contribution < 1.29 is 4.79 Å². The molecule has 0 spiro atoms. The average Bonchev–Trinajstić information content (AvgIpc) is 2.47. The molecule has 2 aromatic rings. The van der Waals surface area contributed by atoms with Gasteiger partial charge in [-0.15, -0.1) is 5.10 Å². The van der Waals surface area contributed by atoms with Crippen LogP contribution in [0.2, 0.25) is 0 Å². The Balaban J connectivity index is 2.51. The van der Waals surface area contributed by atoms with E-state index >= 15 is 0 Å². The van der Waals surface area contributed by atoms with Crippen molar-refractivity contribution in [2.45, 2.75) is 6.92 Å². The summed E-state index contributed by atoms with van der Waals surface area (Å²) in [7, 11) is 0. The third-order valence-electron chi connectivity index (χ3n) is 1.68. The van der Waals surface area contributed by atoms with Gasteiger partial charge in [0.2, 0.25) is 11.9 Å². The number of carbonyl (C=O) groups excluding carboxylic acids is 1. The van der Waals surface area contributed by atoms with Crippen molar-refractivity contribution in [2.75, 3.05) is 11.1 Å². The molecule has 2 aromatic heterocycles. The van der Waals surface area contributed by atoms with Crippen LogP contribution in [0.15, 0.2) is 18.3 Å². The van der Waals surface area contributed by atoms with Crippen molar-refractivity contribution in [3.05, 3.63) is 18.3 Å². The van der Waals surface area contributed by atoms with Gasteiger partial charge in [0.25, 0.3) is 0 Å². The third-order valence-corrected chi connectivity index (χ3v) is 1.68. The van der Waals surface area contributed by atoms with Crippen molar-refractivity contribution in [3.63, 3.8) is 0 Å². The molecule has 0 aliphatic heterocycles. The monoisotopic (exact) mass is 191 g/mol. The van der Waals surface area contributed by atoms with Crippen LogP contribution in [0.25, 0.3) is 5.65 Å². The molecular weight excluding hydrogens is 182 g/mol. The minimum absolute atomic E-state index is 0.209. The molecule has 14 heavy (non-hydrogen) atoms. The van der Waals surface area contributed by atoms with Crippen LogP contribution in [0.4, 0.5) is 11.6 Å². The lowest BCUT2D eigenvalue weighted by Gasteiger charge is -1.92. The Kier molecular flexibility index (Phi) is 1.81. The summed E-state index contributed by atoms with van der Waals surface area (Å²) in [6.45, 7) is 1.40. The number of fused-ring (bicyclic) bond motifs is 1. The second-order valence-electron chi connectivity index (χ2n) is 2.85. The molecule has 1 amide bonds. The van der Waals surface area contributed by atoms with Gasteiger partial charge in [-0.3, -0.25) is 10.1 Å². The molecule has 0 aromatic carbocycles. The van der Waals surface area contributed by atoms with E-state index in [0.29, 0.717) is 11.3 Å². The van der Waals surface area contributed by atoms with Crippen LogP contribution in [0.3, 0.4) is 0 Å². The fraction of sp³-hybridized carbons (Fsp3) is 0.125. The number of nitrogens with two attached hydrogens (primary N) is 1. The Hall–Kier alpha value is -2.11. The van der Waals surface area contributed by atoms with E-state index in [-0.39, 0.29) is 11.9 Å². The smallest absolute Gasteiger partial charge is 0.249 e. The number of rotatable bonds is 1. The van der Waals surface area contributed by atoms with Gasteiger partial charge in [0.15, 0.2) is 5.65 Å². The number of nitrogens with one attached hydrogen (secondary N) is 1. The van der Waals surface area contributed by atoms with Crippen molar-refractivity contribution in [1.29, 1.82) is 0 Å². The highest BCUT2D eigenvalue weighted by Crippen LogP contribution is 2.11. The predicted octanol–water partition coefficient (Wildman–Crippen LogP) is 0.270. The number of hydrogen-bond acceptors (Lipinski definition) is 4. The first-order valence-electron chi connectivity index (χ1n) is 4.05. The Bertz CT molecular complexity index is 489. The highest BCUT2D eigenvalue weighted by molar-refractivity contribution is 5.87. The van der Waals surface area contributed by atoms with Crippen molar-refractivity contribution in [1.82, 2.24) is 14.6 Å². The molecule has 2 rings (SSSR count). The summed E-state index contributed by atoms with van der Waals surface area (Å²) >= 11 is 0. The summed E-state index contributed by atoms with van der Waals surface area (Å²) in [6, 6.07) is 3.48. The van der Waals surface area contributed by atoms with E-state index in [0.717, 1.165) is 0 Å². The summed E-state index contributed by atoms with van der Waals surface area (Å²) in [4.78, 5) is 14.8. The van der Waals surface area contributed by atoms with Crippen LogP contribution in [0, 0.1) is 0 Å². The summed E-state index contributed by atoms with van der Waals surface area (Å²) in [5, 5.41) is 6.49. The fourth-order valence-corrected chi connectivity index (χ4v) is 1.14. The molecule has 0 unspecified atom stereocenters. The molecule has 0 saturated heterocycles. The molecule has 0 aliphatic rings. The van der Waals surface area contributed by atoms with Crippen molar-refractivity contribution in [3.8, 4) is 0 Å². The number of anilines is 2. The Labute approximate surface area is 79.7 Å². The van der Waals surface area contributed by atoms with Gasteiger partial charge in [0.05, 0.1) is 5.69 Å². The lowest BCUT2D eigenvalue weighted by molar-refractivity contribution is -0.114. The molecule has 6 heteroatoms. The SMILES string of the molecule is CC(=O)Nc1nc2c(N)cccn2n1. The zero-order chi connectivity index (χ0) is 10.1. The largest absolute Gasteiger partial charge is 0.396 e. The van der Waals surface area contributed by atoms with E-state index in [1.807, 2.05) is 0 Å². The number of aromatic nitrogens is 3. The molecular formula is C8H9N5O. The molecule has 0 saturated carbocycles. The standard InChI is InChI=1S/C8H9N5O/c1-5(14)10-8-11-7-6(9)3-2-4-13(7)12-8/h2-4H,9H2,1H3,(H,10,12,14). The van der Waals surface area contributed by atoms with Crippen molar-refractivity contribution >= 4 is 23.2 Å². The van der Waals surface area contributed by atoms with Crippen LogP contribution >= 0.6 is 0 Å². The summed E-state index contributed by atoms with van der Waals surface area (Å²) < 4.78 is 1.51. The zero-order valence-corrected chi connectivity index (χ0v) is 7.56. The Morgan fingerprint density at radius 1 is 1.64 bits per heavy atom. The van der Waals surface area contributed by atoms with Gasteiger partial charge in [-0.2, -0.15) is 4.98 Å². The summed E-state index contributed by atoms with van der Waals surface area (Å²) in [5.74, 6) is 0.0508. The molecule has 2 heterocycles. The number of nitrogens with zero attached hydrogens (tertiary/aromatic N) is 3. The van der Waals surface area contributed by atoms with Crippen LogP contribution < -0.4 is 11.1 Å². The van der Waals surface area contributed by atoms with Crippen LogP contribution in [0.5, 0.6) is 0 Å². The first kappa shape index (κ1) is 8.49. The lowest BCUT2D eigenvalue weighted by atomic mass is 10.4. The molecule has 0 atom stereocenters. The van der Waals surface area contributed by atoms with E-state index in [1.54, 1.807) is 18.3 Å². The minimum Gasteiger partial charge on any atom is -0.396 e. The molecule has 0 aliphatic carbocycles. The number of nitrogen functional groups attached to an aromatic ring is 1. The lowest BCUT2D eigenvalue weighted by Crippen LogP contribution is -2.07. The second kappa shape index (κ2) is 2.99. The average molecular weight is 191 g/mol. The van der Waals surface area contributed by atoms with Gasteiger partial charge in [0.1, 0.15) is 0 Å². The minimum atomic E-state index is -0.209. The highest BCUT2D eigenvalue weighted by atomic mass is 16.1. The number of hydrogen-bond donors (Lipinski definition) is 2. The van der Waals surface area contributed by atoms with Gasteiger partial charge in [0, 0.05) is 13.1 Å². The van der Waals surface area contributed by atoms with Gasteiger partial charge in [-0.05, 0) is 12.1 Å². The number of amides is 1. The van der Waals surface area contributed by atoms with Crippen molar-refractivity contribution in [2.24, 2.45) is 0 Å². The Morgan fingerprint density at radius 2 is 2.43 bits per heavy atom. The van der Waals surface area contributed by atoms with E-state index < -0.39 is 0 Å². The first-order valence-corrected chi connectivity index (χ1v) is 4.05. The summed E-state index contributed by atoms with van der Waals surface area (Å²) in [6.07, 6.45) is 1.71. The summed E-state index contributed by atoms with van der Waals surface area (Å²) in [5.41, 5.74) is 6.73. The van der Waals surface area contributed by atoms with Crippen LogP contribution in [0.1, 0.15) is 6.92 Å². The predicted molar refractivity (Wildman–Crippen MR) is 51.7 cm³/mol. The molecule has 0 bridgehead atoms. The number of carbonyl (C=O) groups is 1. The van der Waals surface area contributed by atoms with Gasteiger partial charge < -0.3 is 5.73 Å². The molecule has 72 valence electrons. The fourth-order valence-electron chi connectivity index (χ4n) is 1.14. The highest BCUT2D eigenvalue weighted by Gasteiger charge is 2.05. The zero-order valence-electron chi connectivity index (χ0n) is 7.56.